The van der Waals surface area contributed by atoms with Gasteiger partial charge in [-0.3, -0.25) is 14.5 Å². The minimum Gasteiger partial charge on any atom is -0.341 e. The second-order valence-corrected chi connectivity index (χ2v) is 8.42. The quantitative estimate of drug-likeness (QED) is 0.686. The van der Waals surface area contributed by atoms with Crippen LogP contribution in [-0.2, 0) is 16.0 Å². The highest BCUT2D eigenvalue weighted by Crippen LogP contribution is 2.19. The van der Waals surface area contributed by atoms with E-state index in [1.807, 2.05) is 47.1 Å². The third-order valence-corrected chi connectivity index (χ3v) is 6.44. The fraction of sp³-hybridized carbons (Fsp3) is 0.591. The Labute approximate surface area is 183 Å². The lowest BCUT2D eigenvalue weighted by Crippen LogP contribution is -2.56. The van der Waals surface area contributed by atoms with Crippen LogP contribution in [0.2, 0.25) is 0 Å². The number of tetrazole rings is 1. The number of carbonyl (C=O) groups is 2. The highest BCUT2D eigenvalue weighted by Gasteiger charge is 2.33. The topological polar surface area (TPSA) is 87.5 Å². The van der Waals surface area contributed by atoms with E-state index in [1.54, 1.807) is 4.68 Å². The van der Waals surface area contributed by atoms with Gasteiger partial charge in [0.25, 0.3) is 0 Å². The molecule has 0 aliphatic carbocycles. The van der Waals surface area contributed by atoms with Gasteiger partial charge in [0, 0.05) is 45.7 Å². The van der Waals surface area contributed by atoms with Crippen molar-refractivity contribution in [1.29, 1.82) is 0 Å². The van der Waals surface area contributed by atoms with Gasteiger partial charge in [-0.05, 0) is 42.2 Å². The zero-order valence-electron chi connectivity index (χ0n) is 18.1. The monoisotopic (exact) mass is 425 g/mol. The maximum atomic E-state index is 13.4. The summed E-state index contributed by atoms with van der Waals surface area (Å²) in [5.74, 6) is 0.237. The molecule has 31 heavy (non-hydrogen) atoms. The minimum atomic E-state index is -0.476. The Morgan fingerprint density at radius 3 is 2.23 bits per heavy atom. The second kappa shape index (κ2) is 10.00. The van der Waals surface area contributed by atoms with Crippen LogP contribution < -0.4 is 0 Å². The summed E-state index contributed by atoms with van der Waals surface area (Å²) in [5, 5.41) is 11.4. The number of rotatable bonds is 6. The van der Waals surface area contributed by atoms with Crippen molar-refractivity contribution in [3.63, 3.8) is 0 Å². The number of piperidine rings is 1. The van der Waals surface area contributed by atoms with Gasteiger partial charge in [0.2, 0.25) is 11.8 Å². The molecule has 0 N–H and O–H groups in total. The molecular formula is C22H31N7O2. The van der Waals surface area contributed by atoms with E-state index in [0.717, 1.165) is 31.5 Å². The first-order valence-corrected chi connectivity index (χ1v) is 11.2. The Hall–Kier alpha value is -2.81. The molecule has 2 amide bonds. The molecule has 2 saturated heterocycles. The summed E-state index contributed by atoms with van der Waals surface area (Å²) >= 11 is 0. The van der Waals surface area contributed by atoms with Crippen molar-refractivity contribution in [3.05, 3.63) is 42.2 Å². The van der Waals surface area contributed by atoms with Crippen molar-refractivity contribution in [2.75, 3.05) is 39.3 Å². The minimum absolute atomic E-state index is 0.0193. The number of carbonyl (C=O) groups excluding carboxylic acids is 2. The number of piperazine rings is 1. The van der Waals surface area contributed by atoms with Crippen LogP contribution in [0.1, 0.15) is 37.8 Å². The van der Waals surface area contributed by atoms with Crippen molar-refractivity contribution >= 4 is 11.8 Å². The molecule has 2 aromatic rings. The second-order valence-electron chi connectivity index (χ2n) is 8.42. The SMILES string of the molecule is CC(C(=O)N1CCCCC1)N1CCN(C(=O)C(Cc2ccccc2)n2cnnn2)CC1. The number of hydrogen-bond donors (Lipinski definition) is 0. The first-order valence-electron chi connectivity index (χ1n) is 11.2. The Kier molecular flexibility index (Phi) is 6.91. The van der Waals surface area contributed by atoms with Gasteiger partial charge in [-0.1, -0.05) is 30.3 Å². The van der Waals surface area contributed by atoms with E-state index >= 15 is 0 Å². The first-order chi connectivity index (χ1) is 15.1. The van der Waals surface area contributed by atoms with Gasteiger partial charge >= 0.3 is 0 Å². The van der Waals surface area contributed by atoms with Crippen molar-refractivity contribution in [2.45, 2.75) is 44.7 Å². The molecule has 1 aromatic carbocycles. The summed E-state index contributed by atoms with van der Waals surface area (Å²) < 4.78 is 1.55. The Morgan fingerprint density at radius 2 is 1.58 bits per heavy atom. The van der Waals surface area contributed by atoms with E-state index < -0.39 is 6.04 Å². The predicted octanol–water partition coefficient (Wildman–Crippen LogP) is 1.00. The zero-order valence-corrected chi connectivity index (χ0v) is 18.1. The maximum Gasteiger partial charge on any atom is 0.248 e. The summed E-state index contributed by atoms with van der Waals surface area (Å²) in [6.07, 6.45) is 5.45. The molecule has 0 bridgehead atoms. The molecule has 0 radical (unpaired) electrons. The third kappa shape index (κ3) is 5.10. The van der Waals surface area contributed by atoms with E-state index in [2.05, 4.69) is 20.4 Å². The molecule has 0 saturated carbocycles. The van der Waals surface area contributed by atoms with Gasteiger partial charge in [-0.2, -0.15) is 0 Å². The summed E-state index contributed by atoms with van der Waals surface area (Å²) in [5.41, 5.74) is 1.07. The smallest absolute Gasteiger partial charge is 0.248 e. The Morgan fingerprint density at radius 1 is 0.903 bits per heavy atom. The maximum absolute atomic E-state index is 13.4. The molecule has 0 spiro atoms. The number of benzene rings is 1. The largest absolute Gasteiger partial charge is 0.341 e. The molecule has 2 aliphatic heterocycles. The molecule has 9 nitrogen and oxygen atoms in total. The van der Waals surface area contributed by atoms with Gasteiger partial charge in [0.05, 0.1) is 6.04 Å². The highest BCUT2D eigenvalue weighted by atomic mass is 16.2. The highest BCUT2D eigenvalue weighted by molar-refractivity contribution is 5.82. The third-order valence-electron chi connectivity index (χ3n) is 6.44. The summed E-state index contributed by atoms with van der Waals surface area (Å²) in [6, 6.07) is 9.30. The average Bonchev–Trinajstić information content (AvgIpc) is 3.37. The van der Waals surface area contributed by atoms with Gasteiger partial charge < -0.3 is 9.80 Å². The van der Waals surface area contributed by atoms with Gasteiger partial charge in [0.1, 0.15) is 12.4 Å². The number of likely N-dealkylation sites (tertiary alicyclic amines) is 1. The fourth-order valence-corrected chi connectivity index (χ4v) is 4.52. The lowest BCUT2D eigenvalue weighted by molar-refractivity contribution is -0.140. The normalized spacial score (nSPS) is 19.8. The Bertz CT molecular complexity index is 844. The van der Waals surface area contributed by atoms with Crippen LogP contribution in [0.3, 0.4) is 0 Å². The number of amides is 2. The van der Waals surface area contributed by atoms with E-state index in [4.69, 9.17) is 0 Å². The van der Waals surface area contributed by atoms with Crippen molar-refractivity contribution < 1.29 is 9.59 Å². The summed E-state index contributed by atoms with van der Waals surface area (Å²) in [7, 11) is 0. The fourth-order valence-electron chi connectivity index (χ4n) is 4.52. The van der Waals surface area contributed by atoms with E-state index in [9.17, 15) is 9.59 Å². The molecular weight excluding hydrogens is 394 g/mol. The summed E-state index contributed by atoms with van der Waals surface area (Å²) in [6.45, 7) is 6.32. The van der Waals surface area contributed by atoms with Crippen LogP contribution in [0.25, 0.3) is 0 Å². The van der Waals surface area contributed by atoms with E-state index in [0.29, 0.717) is 32.6 Å². The zero-order chi connectivity index (χ0) is 21.6. The Balaban J connectivity index is 1.37. The molecule has 2 fully saturated rings. The molecule has 166 valence electrons. The van der Waals surface area contributed by atoms with Crippen molar-refractivity contribution in [1.82, 2.24) is 34.9 Å². The van der Waals surface area contributed by atoms with Gasteiger partial charge in [0.15, 0.2) is 0 Å². The molecule has 2 aliphatic rings. The lowest BCUT2D eigenvalue weighted by atomic mass is 10.0. The van der Waals surface area contributed by atoms with Gasteiger partial charge in [-0.25, -0.2) is 4.68 Å². The first kappa shape index (κ1) is 21.4. The predicted molar refractivity (Wildman–Crippen MR) is 115 cm³/mol. The summed E-state index contributed by atoms with van der Waals surface area (Å²) in [4.78, 5) is 32.3. The molecule has 3 heterocycles. The molecule has 2 atom stereocenters. The molecule has 4 rings (SSSR count). The van der Waals surface area contributed by atoms with Crippen LogP contribution in [0, 0.1) is 0 Å². The van der Waals surface area contributed by atoms with Crippen LogP contribution in [0.15, 0.2) is 36.7 Å². The van der Waals surface area contributed by atoms with Crippen LogP contribution in [-0.4, -0.2) is 92.0 Å². The van der Waals surface area contributed by atoms with Gasteiger partial charge in [-0.15, -0.1) is 5.10 Å². The van der Waals surface area contributed by atoms with Crippen molar-refractivity contribution in [3.8, 4) is 0 Å². The van der Waals surface area contributed by atoms with Crippen LogP contribution in [0.4, 0.5) is 0 Å². The average molecular weight is 426 g/mol. The molecule has 9 heteroatoms. The van der Waals surface area contributed by atoms with Crippen LogP contribution in [0.5, 0.6) is 0 Å². The molecule has 2 unspecified atom stereocenters. The molecule has 1 aromatic heterocycles. The van der Waals surface area contributed by atoms with E-state index in [-0.39, 0.29) is 17.9 Å². The number of aromatic nitrogens is 4. The van der Waals surface area contributed by atoms with E-state index in [1.165, 1.54) is 12.7 Å². The number of hydrogen-bond acceptors (Lipinski definition) is 6. The van der Waals surface area contributed by atoms with Crippen molar-refractivity contribution in [2.24, 2.45) is 0 Å². The van der Waals surface area contributed by atoms with Crippen LogP contribution >= 0.6 is 0 Å². The standard InChI is InChI=1S/C22H31N7O2/c1-18(21(30)27-10-6-3-7-11-27)26-12-14-28(15-13-26)22(31)20(29-17-23-24-25-29)16-19-8-4-2-5-9-19/h2,4-5,8-9,17-18,20H,3,6-7,10-16H2,1H3. The lowest BCUT2D eigenvalue weighted by Gasteiger charge is -2.40. The number of nitrogens with zero attached hydrogens (tertiary/aromatic N) is 7.